The average Bonchev–Trinajstić information content (AvgIpc) is 3.12. The lowest BCUT2D eigenvalue weighted by Crippen LogP contribution is -2.41. The molecule has 1 fully saturated rings. The first-order chi connectivity index (χ1) is 18.9. The molecule has 0 N–H and O–H groups in total. The summed E-state index contributed by atoms with van der Waals surface area (Å²) < 4.78 is 16.7. The van der Waals surface area contributed by atoms with Crippen molar-refractivity contribution in [3.63, 3.8) is 0 Å². The number of aryl methyl sites for hydroxylation is 1. The number of carbonyl (C=O) groups is 3. The van der Waals surface area contributed by atoms with Crippen LogP contribution in [-0.2, 0) is 32.0 Å². The summed E-state index contributed by atoms with van der Waals surface area (Å²) in [7, 11) is 3.15. The maximum absolute atomic E-state index is 13.3. The van der Waals surface area contributed by atoms with Crippen LogP contribution in [0.4, 0.5) is 0 Å². The van der Waals surface area contributed by atoms with Gasteiger partial charge in [0, 0.05) is 39.1 Å². The fourth-order valence-electron chi connectivity index (χ4n) is 4.70. The minimum Gasteiger partial charge on any atom is -0.493 e. The van der Waals surface area contributed by atoms with Gasteiger partial charge in [-0.1, -0.05) is 36.4 Å². The molecule has 1 aliphatic rings. The molecule has 212 valence electrons. The Bertz CT molecular complexity index is 1090. The number of hydrogen-bond acceptors (Lipinski definition) is 6. The van der Waals surface area contributed by atoms with Crippen molar-refractivity contribution >= 4 is 17.7 Å². The van der Waals surface area contributed by atoms with Crippen molar-refractivity contribution in [1.29, 1.82) is 0 Å². The highest BCUT2D eigenvalue weighted by Crippen LogP contribution is 2.28. The number of methoxy groups -OCH3 is 2. The molecule has 2 aromatic rings. The molecule has 1 heterocycles. The van der Waals surface area contributed by atoms with Gasteiger partial charge in [-0.25, -0.2) is 0 Å². The van der Waals surface area contributed by atoms with Crippen molar-refractivity contribution < 1.29 is 28.6 Å². The number of benzene rings is 2. The van der Waals surface area contributed by atoms with Crippen molar-refractivity contribution in [2.24, 2.45) is 0 Å². The summed E-state index contributed by atoms with van der Waals surface area (Å²) in [6.45, 7) is 6.06. The molecule has 1 saturated heterocycles. The van der Waals surface area contributed by atoms with E-state index in [1.54, 1.807) is 28.9 Å². The second-order valence-corrected chi connectivity index (χ2v) is 9.54. The molecule has 2 aromatic carbocycles. The Kier molecular flexibility index (Phi) is 11.6. The van der Waals surface area contributed by atoms with Gasteiger partial charge in [0.05, 0.1) is 26.9 Å². The number of carbonyl (C=O) groups excluding carboxylic acids is 3. The molecule has 0 bridgehead atoms. The fourth-order valence-corrected chi connectivity index (χ4v) is 4.70. The smallest absolute Gasteiger partial charge is 0.248 e. The quantitative estimate of drug-likeness (QED) is 0.389. The summed E-state index contributed by atoms with van der Waals surface area (Å²) in [5, 5.41) is 0. The number of rotatable bonds is 13. The molecule has 0 saturated carbocycles. The molecular weight excluding hydrogens is 498 g/mol. The maximum Gasteiger partial charge on any atom is 0.248 e. The van der Waals surface area contributed by atoms with Gasteiger partial charge in [-0.15, -0.1) is 0 Å². The highest BCUT2D eigenvalue weighted by Gasteiger charge is 2.31. The standard InChI is InChI=1S/C30H41N3O6/c1-5-31(6-2)30(36)22-39-25-19-32(17-16-23-10-8-7-9-11-23)29(35)21-33(20-25)28(34)15-13-24-12-14-26(37-3)27(18-24)38-4/h7-12,14,18,25H,5-6,13,15-17,19-22H2,1-4H3/t25-/m1/s1. The second kappa shape index (κ2) is 15.1. The van der Waals surface area contributed by atoms with Crippen LogP contribution >= 0.6 is 0 Å². The van der Waals surface area contributed by atoms with E-state index in [9.17, 15) is 14.4 Å². The van der Waals surface area contributed by atoms with Crippen LogP contribution in [0.15, 0.2) is 48.5 Å². The summed E-state index contributed by atoms with van der Waals surface area (Å²) in [4.78, 5) is 44.1. The van der Waals surface area contributed by atoms with Crippen LogP contribution in [-0.4, -0.2) is 98.6 Å². The molecule has 3 amide bonds. The van der Waals surface area contributed by atoms with Crippen LogP contribution in [0.1, 0.15) is 31.4 Å². The molecule has 1 aliphatic heterocycles. The van der Waals surface area contributed by atoms with Crippen LogP contribution in [0.25, 0.3) is 0 Å². The minimum atomic E-state index is -0.461. The third-order valence-electron chi connectivity index (χ3n) is 7.03. The van der Waals surface area contributed by atoms with E-state index in [2.05, 4.69) is 0 Å². The van der Waals surface area contributed by atoms with Gasteiger partial charge in [0.2, 0.25) is 17.7 Å². The van der Waals surface area contributed by atoms with Crippen LogP contribution in [0.5, 0.6) is 11.5 Å². The zero-order chi connectivity index (χ0) is 28.2. The normalized spacial score (nSPS) is 15.6. The van der Waals surface area contributed by atoms with Crippen molar-refractivity contribution in [3.05, 3.63) is 59.7 Å². The van der Waals surface area contributed by atoms with Crippen molar-refractivity contribution in [1.82, 2.24) is 14.7 Å². The van der Waals surface area contributed by atoms with Gasteiger partial charge < -0.3 is 28.9 Å². The van der Waals surface area contributed by atoms with Gasteiger partial charge in [-0.05, 0) is 49.9 Å². The summed E-state index contributed by atoms with van der Waals surface area (Å²) in [6, 6.07) is 15.5. The van der Waals surface area contributed by atoms with E-state index in [1.807, 2.05) is 62.4 Å². The van der Waals surface area contributed by atoms with Crippen LogP contribution in [0.3, 0.4) is 0 Å². The third-order valence-corrected chi connectivity index (χ3v) is 7.03. The summed E-state index contributed by atoms with van der Waals surface area (Å²) in [5.41, 5.74) is 2.07. The van der Waals surface area contributed by atoms with E-state index in [4.69, 9.17) is 14.2 Å². The van der Waals surface area contributed by atoms with E-state index in [0.29, 0.717) is 50.5 Å². The first-order valence-electron chi connectivity index (χ1n) is 13.6. The lowest BCUT2D eigenvalue weighted by Gasteiger charge is -2.26. The number of hydrogen-bond donors (Lipinski definition) is 0. The van der Waals surface area contributed by atoms with E-state index in [1.165, 1.54) is 0 Å². The van der Waals surface area contributed by atoms with Gasteiger partial charge in [-0.2, -0.15) is 0 Å². The van der Waals surface area contributed by atoms with E-state index in [0.717, 1.165) is 11.1 Å². The maximum atomic E-state index is 13.3. The molecule has 9 heteroatoms. The monoisotopic (exact) mass is 539 g/mol. The highest BCUT2D eigenvalue weighted by molar-refractivity contribution is 5.85. The Morgan fingerprint density at radius 2 is 1.64 bits per heavy atom. The summed E-state index contributed by atoms with van der Waals surface area (Å²) in [6.07, 6.45) is 0.966. The van der Waals surface area contributed by atoms with E-state index < -0.39 is 6.10 Å². The SMILES string of the molecule is CCN(CC)C(=O)CO[C@@H]1CN(CCc2ccccc2)C(=O)CN(C(=O)CCc2ccc(OC)c(OC)c2)C1. The Morgan fingerprint density at radius 1 is 0.923 bits per heavy atom. The van der Waals surface area contributed by atoms with Crippen LogP contribution < -0.4 is 9.47 Å². The predicted octanol–water partition coefficient (Wildman–Crippen LogP) is 2.80. The number of nitrogens with zero attached hydrogens (tertiary/aromatic N) is 3. The first-order valence-corrected chi connectivity index (χ1v) is 13.6. The molecule has 0 spiro atoms. The number of likely N-dealkylation sites (N-methyl/N-ethyl adjacent to an activating group) is 1. The Balaban J connectivity index is 1.68. The Hall–Kier alpha value is -3.59. The largest absolute Gasteiger partial charge is 0.493 e. The summed E-state index contributed by atoms with van der Waals surface area (Å²) >= 11 is 0. The van der Waals surface area contributed by atoms with E-state index in [-0.39, 0.29) is 43.8 Å². The lowest BCUT2D eigenvalue weighted by molar-refractivity contribution is -0.139. The molecular formula is C30H41N3O6. The molecule has 0 aromatic heterocycles. The van der Waals surface area contributed by atoms with Crippen LogP contribution in [0, 0.1) is 0 Å². The topological polar surface area (TPSA) is 88.6 Å². The molecule has 1 atom stereocenters. The molecule has 0 radical (unpaired) electrons. The van der Waals surface area contributed by atoms with Gasteiger partial charge >= 0.3 is 0 Å². The van der Waals surface area contributed by atoms with Gasteiger partial charge in [0.25, 0.3) is 0 Å². The molecule has 39 heavy (non-hydrogen) atoms. The van der Waals surface area contributed by atoms with E-state index >= 15 is 0 Å². The minimum absolute atomic E-state index is 0.0105. The molecule has 9 nitrogen and oxygen atoms in total. The zero-order valence-electron chi connectivity index (χ0n) is 23.6. The third kappa shape index (κ3) is 8.71. The predicted molar refractivity (Wildman–Crippen MR) is 149 cm³/mol. The van der Waals surface area contributed by atoms with Crippen LogP contribution in [0.2, 0.25) is 0 Å². The lowest BCUT2D eigenvalue weighted by atomic mass is 10.1. The molecule has 0 aliphatic carbocycles. The van der Waals surface area contributed by atoms with Crippen molar-refractivity contribution in [2.45, 2.75) is 39.2 Å². The Morgan fingerprint density at radius 3 is 2.31 bits per heavy atom. The van der Waals surface area contributed by atoms with Gasteiger partial charge in [-0.3, -0.25) is 14.4 Å². The second-order valence-electron chi connectivity index (χ2n) is 9.54. The highest BCUT2D eigenvalue weighted by atomic mass is 16.5. The van der Waals surface area contributed by atoms with Gasteiger partial charge in [0.1, 0.15) is 6.61 Å². The fraction of sp³-hybridized carbons (Fsp3) is 0.500. The molecule has 0 unspecified atom stereocenters. The number of amides is 3. The first kappa shape index (κ1) is 30.0. The Labute approximate surface area is 231 Å². The van der Waals surface area contributed by atoms with Crippen molar-refractivity contribution in [3.8, 4) is 11.5 Å². The average molecular weight is 540 g/mol. The summed E-state index contributed by atoms with van der Waals surface area (Å²) in [5.74, 6) is 0.879. The zero-order valence-corrected chi connectivity index (χ0v) is 23.6. The van der Waals surface area contributed by atoms with Crippen molar-refractivity contribution in [2.75, 3.05) is 60.1 Å². The van der Waals surface area contributed by atoms with Gasteiger partial charge in [0.15, 0.2) is 11.5 Å². The molecule has 3 rings (SSSR count). The number of ether oxygens (including phenoxy) is 3.